The zero-order chi connectivity index (χ0) is 10.4. The molecule has 0 aromatic heterocycles. The average Bonchev–Trinajstić information content (AvgIpc) is 2.03. The molecule has 0 aliphatic heterocycles. The van der Waals surface area contributed by atoms with Gasteiger partial charge in [0, 0.05) is 5.57 Å². The zero-order valence-electron chi connectivity index (χ0n) is 9.26. The van der Waals surface area contributed by atoms with E-state index in [0.717, 1.165) is 12.0 Å². The molecule has 0 heterocycles. The first-order valence-electron chi connectivity index (χ1n) is 4.77. The lowest BCUT2D eigenvalue weighted by atomic mass is 9.99. The molecule has 0 amide bonds. The van der Waals surface area contributed by atoms with Gasteiger partial charge in [0.15, 0.2) is 0 Å². The van der Waals surface area contributed by atoms with Crippen LogP contribution in [0, 0.1) is 11.8 Å². The maximum atomic E-state index is 11.3. The summed E-state index contributed by atoms with van der Waals surface area (Å²) in [5, 5.41) is 0. The maximum Gasteiger partial charge on any atom is 0.333 e. The third-order valence-corrected chi connectivity index (χ3v) is 1.85. The van der Waals surface area contributed by atoms with Crippen LogP contribution in [0.25, 0.3) is 0 Å². The van der Waals surface area contributed by atoms with Gasteiger partial charge >= 0.3 is 5.97 Å². The predicted molar refractivity (Wildman–Crippen MR) is 54.4 cm³/mol. The molecule has 76 valence electrons. The van der Waals surface area contributed by atoms with Crippen LogP contribution in [0.3, 0.4) is 0 Å². The van der Waals surface area contributed by atoms with E-state index in [2.05, 4.69) is 13.8 Å². The van der Waals surface area contributed by atoms with Gasteiger partial charge in [-0.25, -0.2) is 4.79 Å². The summed E-state index contributed by atoms with van der Waals surface area (Å²) < 4.78 is 4.70. The van der Waals surface area contributed by atoms with Gasteiger partial charge in [-0.15, -0.1) is 0 Å². The normalized spacial score (nSPS) is 12.4. The topological polar surface area (TPSA) is 26.3 Å². The van der Waals surface area contributed by atoms with Gasteiger partial charge in [-0.2, -0.15) is 0 Å². The fraction of sp³-hybridized carbons (Fsp3) is 0.727. The first-order valence-corrected chi connectivity index (χ1v) is 4.77. The van der Waals surface area contributed by atoms with Crippen molar-refractivity contribution in [3.63, 3.8) is 0 Å². The Morgan fingerprint density at radius 3 is 2.15 bits per heavy atom. The minimum atomic E-state index is -0.198. The van der Waals surface area contributed by atoms with Crippen LogP contribution in [0.2, 0.25) is 0 Å². The predicted octanol–water partition coefficient (Wildman–Crippen LogP) is 2.79. The Labute approximate surface area is 81.0 Å². The monoisotopic (exact) mass is 184 g/mol. The number of carbonyl (C=O) groups is 1. The SMILES string of the molecule is COC(=O)C(=CCC(C)C)C(C)C. The van der Waals surface area contributed by atoms with Gasteiger partial charge in [0.1, 0.15) is 0 Å². The smallest absolute Gasteiger partial charge is 0.333 e. The van der Waals surface area contributed by atoms with Gasteiger partial charge in [0.2, 0.25) is 0 Å². The van der Waals surface area contributed by atoms with Crippen LogP contribution in [0.1, 0.15) is 34.1 Å². The molecule has 0 radical (unpaired) electrons. The molecule has 0 aliphatic carbocycles. The van der Waals surface area contributed by atoms with Crippen molar-refractivity contribution in [2.45, 2.75) is 34.1 Å². The van der Waals surface area contributed by atoms with E-state index in [1.165, 1.54) is 7.11 Å². The molecule has 0 saturated carbocycles. The molecule has 0 N–H and O–H groups in total. The van der Waals surface area contributed by atoms with Crippen molar-refractivity contribution in [2.24, 2.45) is 11.8 Å². The van der Waals surface area contributed by atoms with E-state index in [0.29, 0.717) is 5.92 Å². The van der Waals surface area contributed by atoms with Crippen molar-refractivity contribution >= 4 is 5.97 Å². The average molecular weight is 184 g/mol. The van der Waals surface area contributed by atoms with Crippen molar-refractivity contribution in [1.29, 1.82) is 0 Å². The number of carbonyl (C=O) groups excluding carboxylic acids is 1. The Hall–Kier alpha value is -0.790. The number of methoxy groups -OCH3 is 1. The maximum absolute atomic E-state index is 11.3. The van der Waals surface area contributed by atoms with E-state index >= 15 is 0 Å². The standard InChI is InChI=1S/C11H20O2/c1-8(2)6-7-10(9(3)4)11(12)13-5/h7-9H,6H2,1-5H3. The number of esters is 1. The second-order valence-electron chi connectivity index (χ2n) is 3.94. The summed E-state index contributed by atoms with van der Waals surface area (Å²) in [5.74, 6) is 0.625. The van der Waals surface area contributed by atoms with E-state index in [1.54, 1.807) is 0 Å². The Kier molecular flexibility index (Phi) is 5.44. The molecule has 0 unspecified atom stereocenters. The highest BCUT2D eigenvalue weighted by molar-refractivity contribution is 5.88. The first kappa shape index (κ1) is 12.2. The van der Waals surface area contributed by atoms with E-state index in [9.17, 15) is 4.79 Å². The molecule has 0 aliphatic rings. The van der Waals surface area contributed by atoms with Crippen molar-refractivity contribution in [3.05, 3.63) is 11.6 Å². The Morgan fingerprint density at radius 1 is 1.31 bits per heavy atom. The molecular formula is C11H20O2. The highest BCUT2D eigenvalue weighted by Crippen LogP contribution is 2.14. The second-order valence-corrected chi connectivity index (χ2v) is 3.94. The van der Waals surface area contributed by atoms with Crippen molar-refractivity contribution < 1.29 is 9.53 Å². The van der Waals surface area contributed by atoms with Crippen LogP contribution in [0.4, 0.5) is 0 Å². The molecule has 0 fully saturated rings. The highest BCUT2D eigenvalue weighted by atomic mass is 16.5. The summed E-state index contributed by atoms with van der Waals surface area (Å²) in [6.45, 7) is 8.27. The molecule has 13 heavy (non-hydrogen) atoms. The van der Waals surface area contributed by atoms with E-state index in [4.69, 9.17) is 4.74 Å². The molecule has 0 bridgehead atoms. The van der Waals surface area contributed by atoms with Gasteiger partial charge in [-0.1, -0.05) is 33.8 Å². The number of hydrogen-bond donors (Lipinski definition) is 0. The fourth-order valence-electron chi connectivity index (χ4n) is 1.04. The van der Waals surface area contributed by atoms with Gasteiger partial charge in [-0.3, -0.25) is 0 Å². The van der Waals surface area contributed by atoms with Crippen LogP contribution < -0.4 is 0 Å². The molecule has 2 heteroatoms. The van der Waals surface area contributed by atoms with Crippen LogP contribution in [0.15, 0.2) is 11.6 Å². The summed E-state index contributed by atoms with van der Waals surface area (Å²) >= 11 is 0. The quantitative estimate of drug-likeness (QED) is 0.496. The molecular weight excluding hydrogens is 164 g/mol. The molecule has 2 nitrogen and oxygen atoms in total. The second kappa shape index (κ2) is 5.79. The van der Waals surface area contributed by atoms with E-state index < -0.39 is 0 Å². The van der Waals surface area contributed by atoms with Gasteiger partial charge in [0.25, 0.3) is 0 Å². The minimum absolute atomic E-state index is 0.198. The molecule has 0 spiro atoms. The Balaban J connectivity index is 4.41. The lowest BCUT2D eigenvalue weighted by Gasteiger charge is -2.09. The van der Waals surface area contributed by atoms with E-state index in [1.807, 2.05) is 19.9 Å². The largest absolute Gasteiger partial charge is 0.466 e. The van der Waals surface area contributed by atoms with Crippen molar-refractivity contribution in [2.75, 3.05) is 7.11 Å². The Bertz CT molecular complexity index is 190. The van der Waals surface area contributed by atoms with Gasteiger partial charge < -0.3 is 4.74 Å². The summed E-state index contributed by atoms with van der Waals surface area (Å²) in [6.07, 6.45) is 2.92. The fourth-order valence-corrected chi connectivity index (χ4v) is 1.04. The number of rotatable bonds is 4. The van der Waals surface area contributed by atoms with Crippen LogP contribution in [-0.4, -0.2) is 13.1 Å². The first-order chi connectivity index (χ1) is 5.99. The van der Waals surface area contributed by atoms with Crippen LogP contribution >= 0.6 is 0 Å². The highest BCUT2D eigenvalue weighted by Gasteiger charge is 2.12. The lowest BCUT2D eigenvalue weighted by molar-refractivity contribution is -0.136. The van der Waals surface area contributed by atoms with Gasteiger partial charge in [-0.05, 0) is 18.3 Å². The van der Waals surface area contributed by atoms with Crippen molar-refractivity contribution in [3.8, 4) is 0 Å². The third-order valence-electron chi connectivity index (χ3n) is 1.85. The number of hydrogen-bond acceptors (Lipinski definition) is 2. The van der Waals surface area contributed by atoms with Crippen LogP contribution in [-0.2, 0) is 9.53 Å². The van der Waals surface area contributed by atoms with E-state index in [-0.39, 0.29) is 11.9 Å². The molecule has 0 aromatic rings. The zero-order valence-corrected chi connectivity index (χ0v) is 9.26. The number of allylic oxidation sites excluding steroid dienone is 1. The summed E-state index contributed by atoms with van der Waals surface area (Å²) in [6, 6.07) is 0. The Morgan fingerprint density at radius 2 is 1.85 bits per heavy atom. The minimum Gasteiger partial charge on any atom is -0.466 e. The van der Waals surface area contributed by atoms with Crippen LogP contribution in [0.5, 0.6) is 0 Å². The number of ether oxygens (including phenoxy) is 1. The summed E-state index contributed by atoms with van der Waals surface area (Å²) in [5.41, 5.74) is 0.788. The molecule has 0 saturated heterocycles. The summed E-state index contributed by atoms with van der Waals surface area (Å²) in [7, 11) is 1.42. The molecule has 0 aromatic carbocycles. The summed E-state index contributed by atoms with van der Waals surface area (Å²) in [4.78, 5) is 11.3. The van der Waals surface area contributed by atoms with Gasteiger partial charge in [0.05, 0.1) is 7.11 Å². The molecule has 0 rings (SSSR count). The third kappa shape index (κ3) is 4.71. The van der Waals surface area contributed by atoms with Crippen molar-refractivity contribution in [1.82, 2.24) is 0 Å². The molecule has 0 atom stereocenters. The lowest BCUT2D eigenvalue weighted by Crippen LogP contribution is -2.10.